The molecule has 0 aromatic heterocycles. The number of hydrogen-bond donors (Lipinski definition) is 3. The van der Waals surface area contributed by atoms with Gasteiger partial charge >= 0.3 is 0 Å². The smallest absolute Gasteiger partial charge is 0.254 e. The molecule has 7 heteroatoms. The van der Waals surface area contributed by atoms with E-state index in [1.807, 2.05) is 19.9 Å². The van der Waals surface area contributed by atoms with E-state index in [9.17, 15) is 19.5 Å². The first-order chi connectivity index (χ1) is 16.7. The van der Waals surface area contributed by atoms with E-state index < -0.39 is 24.1 Å². The number of aliphatic hydroxyl groups excluding tert-OH is 1. The Labute approximate surface area is 211 Å². The van der Waals surface area contributed by atoms with Crippen molar-refractivity contribution in [2.75, 3.05) is 13.6 Å². The molecule has 1 fully saturated rings. The molecule has 3 atom stereocenters. The van der Waals surface area contributed by atoms with Gasteiger partial charge in [0, 0.05) is 13.6 Å². The van der Waals surface area contributed by atoms with Crippen LogP contribution in [-0.2, 0) is 14.4 Å². The lowest BCUT2D eigenvalue weighted by molar-refractivity contribution is -0.138. The van der Waals surface area contributed by atoms with Gasteiger partial charge in [0.05, 0.1) is 0 Å². The average Bonchev–Trinajstić information content (AvgIpc) is 2.86. The molecule has 0 bridgehead atoms. The Hall–Kier alpha value is -2.41. The third kappa shape index (κ3) is 9.63. The van der Waals surface area contributed by atoms with Crippen LogP contribution < -0.4 is 10.6 Å². The number of aliphatic hydroxyl groups is 1. The molecule has 7 nitrogen and oxygen atoms in total. The first kappa shape index (κ1) is 28.8. The molecule has 0 unspecified atom stereocenters. The van der Waals surface area contributed by atoms with Gasteiger partial charge in [-0.2, -0.15) is 0 Å². The van der Waals surface area contributed by atoms with Crippen molar-refractivity contribution < 1.29 is 19.5 Å². The van der Waals surface area contributed by atoms with Crippen LogP contribution in [0.25, 0.3) is 0 Å². The van der Waals surface area contributed by atoms with Gasteiger partial charge in [-0.15, -0.1) is 0 Å². The lowest BCUT2D eigenvalue weighted by Gasteiger charge is -2.31. The molecule has 1 aliphatic carbocycles. The van der Waals surface area contributed by atoms with Crippen LogP contribution in [0.2, 0.25) is 0 Å². The summed E-state index contributed by atoms with van der Waals surface area (Å²) >= 11 is 0. The first-order valence-electron chi connectivity index (χ1n) is 13.3. The molecule has 0 spiro atoms. The summed E-state index contributed by atoms with van der Waals surface area (Å²) in [6, 6.07) is 7.21. The fourth-order valence-corrected chi connectivity index (χ4v) is 4.76. The van der Waals surface area contributed by atoms with Gasteiger partial charge in [-0.3, -0.25) is 14.4 Å². The largest absolute Gasteiger partial charge is 0.378 e. The van der Waals surface area contributed by atoms with E-state index in [4.69, 9.17) is 0 Å². The van der Waals surface area contributed by atoms with Crippen LogP contribution in [0.1, 0.15) is 90.2 Å². The highest BCUT2D eigenvalue weighted by Crippen LogP contribution is 2.28. The Bertz CT molecular complexity index is 793. The SMILES string of the molecule is CCCCN(C)C(=O)[C@H](CC1CCCCC1)NC(=O)[C@H](CC(C)C)NC(=O)[C@@H](O)c1ccccc1. The first-order valence-corrected chi connectivity index (χ1v) is 13.3. The molecule has 35 heavy (non-hydrogen) atoms. The van der Waals surface area contributed by atoms with Crippen molar-refractivity contribution in [3.63, 3.8) is 0 Å². The molecule has 2 rings (SSSR count). The fraction of sp³-hybridized carbons (Fsp3) is 0.679. The standard InChI is InChI=1S/C28H45N3O4/c1-5-6-17-31(4)28(35)24(19-21-13-9-7-10-14-21)30-26(33)23(18-20(2)3)29-27(34)25(32)22-15-11-8-12-16-22/h8,11-12,15-16,20-21,23-25,32H,5-7,9-10,13-14,17-19H2,1-4H3,(H,29,34)(H,30,33)/t23-,24-,25-/m0/s1. The number of unbranched alkanes of at least 4 members (excludes halogenated alkanes) is 1. The molecule has 1 saturated carbocycles. The minimum atomic E-state index is -1.36. The predicted octanol–water partition coefficient (Wildman–Crippen LogP) is 3.96. The van der Waals surface area contributed by atoms with Crippen molar-refractivity contribution >= 4 is 17.7 Å². The summed E-state index contributed by atoms with van der Waals surface area (Å²) in [6.07, 6.45) is 7.28. The van der Waals surface area contributed by atoms with E-state index in [0.717, 1.165) is 38.5 Å². The molecule has 0 heterocycles. The average molecular weight is 488 g/mol. The van der Waals surface area contributed by atoms with Crippen LogP contribution in [0.5, 0.6) is 0 Å². The van der Waals surface area contributed by atoms with Gasteiger partial charge in [0.25, 0.3) is 5.91 Å². The molecule has 1 aliphatic rings. The molecule has 0 radical (unpaired) electrons. The van der Waals surface area contributed by atoms with Crippen molar-refractivity contribution in [1.82, 2.24) is 15.5 Å². The summed E-state index contributed by atoms with van der Waals surface area (Å²) in [5, 5.41) is 16.2. The second-order valence-electron chi connectivity index (χ2n) is 10.4. The monoisotopic (exact) mass is 487 g/mol. The van der Waals surface area contributed by atoms with Crippen LogP contribution in [0, 0.1) is 11.8 Å². The van der Waals surface area contributed by atoms with E-state index in [2.05, 4.69) is 17.6 Å². The number of carbonyl (C=O) groups is 3. The van der Waals surface area contributed by atoms with E-state index in [0.29, 0.717) is 30.9 Å². The molecule has 1 aromatic carbocycles. The molecular weight excluding hydrogens is 442 g/mol. The van der Waals surface area contributed by atoms with Crippen LogP contribution in [-0.4, -0.2) is 53.4 Å². The van der Waals surface area contributed by atoms with Crippen LogP contribution >= 0.6 is 0 Å². The molecule has 3 N–H and O–H groups in total. The van der Waals surface area contributed by atoms with Crippen molar-refractivity contribution in [3.05, 3.63) is 35.9 Å². The highest BCUT2D eigenvalue weighted by molar-refractivity contribution is 5.93. The van der Waals surface area contributed by atoms with Gasteiger partial charge in [0.15, 0.2) is 6.10 Å². The molecular formula is C28H45N3O4. The fourth-order valence-electron chi connectivity index (χ4n) is 4.76. The lowest BCUT2D eigenvalue weighted by Crippen LogP contribution is -2.55. The Kier molecular flexibility index (Phi) is 12.2. The quantitative estimate of drug-likeness (QED) is 0.392. The second-order valence-corrected chi connectivity index (χ2v) is 10.4. The summed E-state index contributed by atoms with van der Waals surface area (Å²) in [4.78, 5) is 41.2. The van der Waals surface area contributed by atoms with E-state index in [1.165, 1.54) is 6.42 Å². The normalized spacial score (nSPS) is 16.9. The highest BCUT2D eigenvalue weighted by Gasteiger charge is 2.32. The number of nitrogens with zero attached hydrogens (tertiary/aromatic N) is 1. The number of likely N-dealkylation sites (N-methyl/N-ethyl adjacent to an activating group) is 1. The number of benzene rings is 1. The van der Waals surface area contributed by atoms with Gasteiger partial charge in [0.2, 0.25) is 11.8 Å². The van der Waals surface area contributed by atoms with Gasteiger partial charge in [-0.1, -0.05) is 89.6 Å². The Morgan fingerprint density at radius 3 is 2.23 bits per heavy atom. The predicted molar refractivity (Wildman–Crippen MR) is 138 cm³/mol. The number of amides is 3. The topological polar surface area (TPSA) is 98.7 Å². The van der Waals surface area contributed by atoms with Gasteiger partial charge in [0.1, 0.15) is 12.1 Å². The van der Waals surface area contributed by atoms with Crippen molar-refractivity contribution in [3.8, 4) is 0 Å². The third-order valence-corrected chi connectivity index (χ3v) is 6.84. The van der Waals surface area contributed by atoms with Crippen molar-refractivity contribution in [2.45, 2.75) is 96.7 Å². The molecule has 3 amide bonds. The summed E-state index contributed by atoms with van der Waals surface area (Å²) in [6.45, 7) is 6.69. The van der Waals surface area contributed by atoms with E-state index >= 15 is 0 Å². The van der Waals surface area contributed by atoms with Crippen LogP contribution in [0.4, 0.5) is 0 Å². The number of hydrogen-bond acceptors (Lipinski definition) is 4. The van der Waals surface area contributed by atoms with Crippen LogP contribution in [0.3, 0.4) is 0 Å². The number of rotatable bonds is 13. The summed E-state index contributed by atoms with van der Waals surface area (Å²) in [5.74, 6) is -0.510. The zero-order valence-electron chi connectivity index (χ0n) is 22.0. The minimum Gasteiger partial charge on any atom is -0.378 e. The molecule has 1 aromatic rings. The summed E-state index contributed by atoms with van der Waals surface area (Å²) < 4.78 is 0. The number of carbonyl (C=O) groups excluding carboxylic acids is 3. The maximum Gasteiger partial charge on any atom is 0.254 e. The lowest BCUT2D eigenvalue weighted by atomic mass is 9.84. The van der Waals surface area contributed by atoms with Crippen molar-refractivity contribution in [2.24, 2.45) is 11.8 Å². The Morgan fingerprint density at radius 2 is 1.63 bits per heavy atom. The van der Waals surface area contributed by atoms with Crippen molar-refractivity contribution in [1.29, 1.82) is 0 Å². The van der Waals surface area contributed by atoms with Gasteiger partial charge < -0.3 is 20.6 Å². The zero-order valence-corrected chi connectivity index (χ0v) is 22.0. The summed E-state index contributed by atoms with van der Waals surface area (Å²) in [7, 11) is 1.79. The van der Waals surface area contributed by atoms with E-state index in [1.54, 1.807) is 36.2 Å². The second kappa shape index (κ2) is 14.9. The maximum atomic E-state index is 13.4. The molecule has 196 valence electrons. The maximum absolute atomic E-state index is 13.4. The number of nitrogens with one attached hydrogen (secondary N) is 2. The van der Waals surface area contributed by atoms with Gasteiger partial charge in [-0.25, -0.2) is 0 Å². The van der Waals surface area contributed by atoms with Gasteiger partial charge in [-0.05, 0) is 36.7 Å². The Morgan fingerprint density at radius 1 is 1.00 bits per heavy atom. The zero-order chi connectivity index (χ0) is 25.8. The molecule has 0 aliphatic heterocycles. The highest BCUT2D eigenvalue weighted by atomic mass is 16.3. The van der Waals surface area contributed by atoms with Crippen LogP contribution in [0.15, 0.2) is 30.3 Å². The summed E-state index contributed by atoms with van der Waals surface area (Å²) in [5.41, 5.74) is 0.469. The molecule has 0 saturated heterocycles. The minimum absolute atomic E-state index is 0.0729. The Balaban J connectivity index is 2.14. The van der Waals surface area contributed by atoms with E-state index in [-0.39, 0.29) is 17.7 Å². The third-order valence-electron chi connectivity index (χ3n) is 6.84.